The van der Waals surface area contributed by atoms with Gasteiger partial charge in [-0.2, -0.15) is 0 Å². The molecular weight excluding hydrogens is 180 g/mol. The average molecular weight is 204 g/mol. The van der Waals surface area contributed by atoms with E-state index in [4.69, 9.17) is 15.9 Å². The van der Waals surface area contributed by atoms with Crippen LogP contribution < -0.4 is 5.73 Å². The molecule has 0 radical (unpaired) electrons. The molecule has 0 aromatic heterocycles. The summed E-state index contributed by atoms with van der Waals surface area (Å²) in [6.07, 6.45) is 0.990. The van der Waals surface area contributed by atoms with Crippen LogP contribution in [0.15, 0.2) is 0 Å². The normalized spacial score (nSPS) is 12.4. The number of aliphatic hydroxyl groups excluding tert-OH is 2. The van der Waals surface area contributed by atoms with E-state index in [2.05, 4.69) is 18.7 Å². The summed E-state index contributed by atoms with van der Waals surface area (Å²) in [4.78, 5) is 2.05. The minimum atomic E-state index is 0.142. The highest BCUT2D eigenvalue weighted by Crippen LogP contribution is 2.18. The molecule has 0 unspecified atom stereocenters. The van der Waals surface area contributed by atoms with Crippen molar-refractivity contribution in [3.8, 4) is 0 Å². The third-order valence-electron chi connectivity index (χ3n) is 2.49. The molecule has 4 heteroatoms. The second-order valence-electron chi connectivity index (χ2n) is 4.41. The zero-order valence-corrected chi connectivity index (χ0v) is 9.37. The molecule has 0 heterocycles. The summed E-state index contributed by atoms with van der Waals surface area (Å²) in [6.45, 7) is 7.34. The Labute approximate surface area is 86.7 Å². The molecule has 0 atom stereocenters. The number of rotatable bonds is 8. The molecule has 0 rings (SSSR count). The lowest BCUT2D eigenvalue weighted by Gasteiger charge is -2.27. The molecular formula is C10H24N2O2. The minimum Gasteiger partial charge on any atom is -0.395 e. The second-order valence-corrected chi connectivity index (χ2v) is 4.41. The summed E-state index contributed by atoms with van der Waals surface area (Å²) in [5, 5.41) is 17.6. The van der Waals surface area contributed by atoms with Gasteiger partial charge in [-0.1, -0.05) is 13.8 Å². The van der Waals surface area contributed by atoms with Crippen LogP contribution in [0, 0.1) is 5.41 Å². The van der Waals surface area contributed by atoms with Gasteiger partial charge in [-0.3, -0.25) is 4.90 Å². The van der Waals surface area contributed by atoms with Crippen LogP contribution >= 0.6 is 0 Å². The lowest BCUT2D eigenvalue weighted by Crippen LogP contribution is -2.35. The van der Waals surface area contributed by atoms with Crippen molar-refractivity contribution in [3.05, 3.63) is 0 Å². The van der Waals surface area contributed by atoms with Crippen molar-refractivity contribution in [2.24, 2.45) is 11.1 Å². The SMILES string of the molecule is CC(C)(CN)CCN(CCO)CCO. The van der Waals surface area contributed by atoms with Crippen molar-refractivity contribution in [3.63, 3.8) is 0 Å². The topological polar surface area (TPSA) is 69.7 Å². The highest BCUT2D eigenvalue weighted by Gasteiger charge is 2.16. The van der Waals surface area contributed by atoms with Crippen LogP contribution in [0.4, 0.5) is 0 Å². The Hall–Kier alpha value is -0.160. The van der Waals surface area contributed by atoms with Gasteiger partial charge in [-0.05, 0) is 24.9 Å². The van der Waals surface area contributed by atoms with E-state index in [0.29, 0.717) is 19.6 Å². The Morgan fingerprint density at radius 3 is 1.93 bits per heavy atom. The molecule has 0 amide bonds. The fourth-order valence-corrected chi connectivity index (χ4v) is 1.18. The molecule has 0 saturated heterocycles. The number of aliphatic hydroxyl groups is 2. The first-order chi connectivity index (χ1) is 6.55. The molecule has 0 saturated carbocycles. The average Bonchev–Trinajstić information content (AvgIpc) is 2.15. The molecule has 4 nitrogen and oxygen atoms in total. The van der Waals surface area contributed by atoms with E-state index in [9.17, 15) is 0 Å². The second kappa shape index (κ2) is 7.17. The van der Waals surface area contributed by atoms with Gasteiger partial charge in [0.2, 0.25) is 0 Å². The van der Waals surface area contributed by atoms with Crippen LogP contribution in [-0.2, 0) is 0 Å². The van der Waals surface area contributed by atoms with Crippen molar-refractivity contribution < 1.29 is 10.2 Å². The van der Waals surface area contributed by atoms with Gasteiger partial charge in [-0.25, -0.2) is 0 Å². The molecule has 0 aliphatic heterocycles. The van der Waals surface area contributed by atoms with Crippen molar-refractivity contribution >= 4 is 0 Å². The van der Waals surface area contributed by atoms with E-state index >= 15 is 0 Å². The molecule has 0 aliphatic rings. The van der Waals surface area contributed by atoms with E-state index in [0.717, 1.165) is 13.0 Å². The number of nitrogens with zero attached hydrogens (tertiary/aromatic N) is 1. The number of nitrogens with two attached hydrogens (primary N) is 1. The number of hydrogen-bond donors (Lipinski definition) is 3. The highest BCUT2D eigenvalue weighted by atomic mass is 16.3. The summed E-state index contributed by atoms with van der Waals surface area (Å²) in [5.74, 6) is 0. The smallest absolute Gasteiger partial charge is 0.0558 e. The molecule has 14 heavy (non-hydrogen) atoms. The van der Waals surface area contributed by atoms with Gasteiger partial charge in [-0.15, -0.1) is 0 Å². The Balaban J connectivity index is 3.80. The monoisotopic (exact) mass is 204 g/mol. The molecule has 0 aromatic rings. The van der Waals surface area contributed by atoms with E-state index < -0.39 is 0 Å². The Morgan fingerprint density at radius 1 is 1.07 bits per heavy atom. The first-order valence-corrected chi connectivity index (χ1v) is 5.20. The van der Waals surface area contributed by atoms with Crippen LogP contribution in [-0.4, -0.2) is 54.5 Å². The quantitative estimate of drug-likeness (QED) is 0.505. The predicted octanol–water partition coefficient (Wildman–Crippen LogP) is -0.352. The van der Waals surface area contributed by atoms with Gasteiger partial charge in [0.1, 0.15) is 0 Å². The fraction of sp³-hybridized carbons (Fsp3) is 1.00. The predicted molar refractivity (Wildman–Crippen MR) is 58.1 cm³/mol. The summed E-state index contributed by atoms with van der Waals surface area (Å²) in [5.41, 5.74) is 5.77. The fourth-order valence-electron chi connectivity index (χ4n) is 1.18. The van der Waals surface area contributed by atoms with Crippen molar-refractivity contribution in [2.75, 3.05) is 39.4 Å². The highest BCUT2D eigenvalue weighted by molar-refractivity contribution is 4.71. The molecule has 0 aromatic carbocycles. The molecule has 86 valence electrons. The first-order valence-electron chi connectivity index (χ1n) is 5.20. The lowest BCUT2D eigenvalue weighted by molar-refractivity contribution is 0.145. The van der Waals surface area contributed by atoms with Crippen molar-refractivity contribution in [2.45, 2.75) is 20.3 Å². The summed E-state index contributed by atoms with van der Waals surface area (Å²) < 4.78 is 0. The number of hydrogen-bond acceptors (Lipinski definition) is 4. The van der Waals surface area contributed by atoms with Crippen LogP contribution in [0.2, 0.25) is 0 Å². The Bertz CT molecular complexity index is 134. The summed E-state index contributed by atoms with van der Waals surface area (Å²) in [7, 11) is 0. The van der Waals surface area contributed by atoms with Gasteiger partial charge >= 0.3 is 0 Å². The van der Waals surface area contributed by atoms with Crippen LogP contribution in [0.5, 0.6) is 0 Å². The van der Waals surface area contributed by atoms with Crippen LogP contribution in [0.25, 0.3) is 0 Å². The van der Waals surface area contributed by atoms with Crippen LogP contribution in [0.3, 0.4) is 0 Å². The van der Waals surface area contributed by atoms with Gasteiger partial charge in [0.05, 0.1) is 13.2 Å². The van der Waals surface area contributed by atoms with E-state index in [1.807, 2.05) is 0 Å². The molecule has 0 spiro atoms. The first kappa shape index (κ1) is 13.8. The lowest BCUT2D eigenvalue weighted by atomic mass is 9.89. The standard InChI is InChI=1S/C10H24N2O2/c1-10(2,9-11)3-4-12(5-7-13)6-8-14/h13-14H,3-9,11H2,1-2H3. The van der Waals surface area contributed by atoms with Gasteiger partial charge < -0.3 is 15.9 Å². The Morgan fingerprint density at radius 2 is 1.57 bits per heavy atom. The Kier molecular flexibility index (Phi) is 7.09. The van der Waals surface area contributed by atoms with Crippen molar-refractivity contribution in [1.82, 2.24) is 4.90 Å². The van der Waals surface area contributed by atoms with Crippen molar-refractivity contribution in [1.29, 1.82) is 0 Å². The molecule has 0 bridgehead atoms. The largest absolute Gasteiger partial charge is 0.395 e. The van der Waals surface area contributed by atoms with E-state index in [1.165, 1.54) is 0 Å². The van der Waals surface area contributed by atoms with Gasteiger partial charge in [0, 0.05) is 13.1 Å². The summed E-state index contributed by atoms with van der Waals surface area (Å²) in [6, 6.07) is 0. The third-order valence-corrected chi connectivity index (χ3v) is 2.49. The molecule has 0 fully saturated rings. The van der Waals surface area contributed by atoms with E-state index in [-0.39, 0.29) is 18.6 Å². The maximum Gasteiger partial charge on any atom is 0.0558 e. The van der Waals surface area contributed by atoms with Gasteiger partial charge in [0.25, 0.3) is 0 Å². The molecule has 0 aliphatic carbocycles. The minimum absolute atomic E-state index is 0.142. The van der Waals surface area contributed by atoms with Crippen LogP contribution in [0.1, 0.15) is 20.3 Å². The maximum atomic E-state index is 8.80. The zero-order chi connectivity index (χ0) is 11.0. The summed E-state index contributed by atoms with van der Waals surface area (Å²) >= 11 is 0. The molecule has 4 N–H and O–H groups in total. The van der Waals surface area contributed by atoms with Gasteiger partial charge in [0.15, 0.2) is 0 Å². The van der Waals surface area contributed by atoms with E-state index in [1.54, 1.807) is 0 Å². The zero-order valence-electron chi connectivity index (χ0n) is 9.37. The maximum absolute atomic E-state index is 8.80. The third kappa shape index (κ3) is 6.32.